The van der Waals surface area contributed by atoms with Crippen molar-refractivity contribution in [2.24, 2.45) is 5.92 Å². The van der Waals surface area contributed by atoms with Crippen molar-refractivity contribution >= 4 is 15.9 Å². The van der Waals surface area contributed by atoms with Crippen LogP contribution < -0.4 is 5.32 Å². The van der Waals surface area contributed by atoms with Crippen LogP contribution in [0.5, 0.6) is 0 Å². The molecule has 0 bridgehead atoms. The van der Waals surface area contributed by atoms with Crippen LogP contribution in [-0.4, -0.2) is 23.2 Å². The van der Waals surface area contributed by atoms with Crippen molar-refractivity contribution in [3.05, 3.63) is 46.0 Å². The summed E-state index contributed by atoms with van der Waals surface area (Å²) in [5.41, 5.74) is 1.19. The molecule has 0 spiro atoms. The van der Waals surface area contributed by atoms with Gasteiger partial charge in [0.1, 0.15) is 0 Å². The maximum absolute atomic E-state index is 5.37. The quantitative estimate of drug-likeness (QED) is 0.899. The molecule has 0 radical (unpaired) electrons. The number of hydrogen-bond donors (Lipinski definition) is 1. The van der Waals surface area contributed by atoms with Crippen LogP contribution in [0.4, 0.5) is 0 Å². The van der Waals surface area contributed by atoms with E-state index in [9.17, 15) is 0 Å². The van der Waals surface area contributed by atoms with Gasteiger partial charge in [0.05, 0.1) is 0 Å². The van der Waals surface area contributed by atoms with E-state index in [-0.39, 0.29) is 0 Å². The second-order valence-electron chi connectivity index (χ2n) is 5.64. The molecular weight excluding hydrogens is 330 g/mol. The number of aromatic nitrogens is 2. The van der Waals surface area contributed by atoms with Crippen molar-refractivity contribution in [2.75, 3.05) is 13.1 Å². The zero-order valence-corrected chi connectivity index (χ0v) is 13.6. The molecule has 1 aromatic heterocycles. The minimum Gasteiger partial charge on any atom is -0.339 e. The standard InChI is InChI=1S/C16H20BrN3O/c17-14-3-1-2-13(10-14)11-15-19-16(21-20-15)5-4-12-6-8-18-9-7-12/h1-3,10,12,18H,4-9,11H2. The Balaban J connectivity index is 1.53. The highest BCUT2D eigenvalue weighted by atomic mass is 79.9. The molecule has 1 aliphatic heterocycles. The van der Waals surface area contributed by atoms with Crippen LogP contribution in [0.3, 0.4) is 0 Å². The van der Waals surface area contributed by atoms with E-state index in [0.29, 0.717) is 0 Å². The number of nitrogens with one attached hydrogen (secondary N) is 1. The molecule has 1 N–H and O–H groups in total. The fraction of sp³-hybridized carbons (Fsp3) is 0.500. The molecule has 112 valence electrons. The number of nitrogens with zero attached hydrogens (tertiary/aromatic N) is 2. The van der Waals surface area contributed by atoms with Crippen molar-refractivity contribution in [3.63, 3.8) is 0 Å². The third-order valence-corrected chi connectivity index (χ3v) is 4.48. The van der Waals surface area contributed by atoms with E-state index < -0.39 is 0 Å². The largest absolute Gasteiger partial charge is 0.339 e. The van der Waals surface area contributed by atoms with Gasteiger partial charge in [-0.2, -0.15) is 4.98 Å². The van der Waals surface area contributed by atoms with Gasteiger partial charge in [0.2, 0.25) is 5.89 Å². The van der Waals surface area contributed by atoms with Crippen molar-refractivity contribution in [1.29, 1.82) is 0 Å². The summed E-state index contributed by atoms with van der Waals surface area (Å²) >= 11 is 3.48. The van der Waals surface area contributed by atoms with Gasteiger partial charge in [0.15, 0.2) is 5.82 Å². The van der Waals surface area contributed by atoms with Gasteiger partial charge in [-0.05, 0) is 56.0 Å². The molecule has 1 aromatic carbocycles. The summed E-state index contributed by atoms with van der Waals surface area (Å²) in [5, 5.41) is 7.48. The first-order valence-electron chi connectivity index (χ1n) is 7.56. The number of aryl methyl sites for hydroxylation is 1. The smallest absolute Gasteiger partial charge is 0.226 e. The molecular formula is C16H20BrN3O. The van der Waals surface area contributed by atoms with E-state index in [1.807, 2.05) is 12.1 Å². The molecule has 0 saturated carbocycles. The topological polar surface area (TPSA) is 51.0 Å². The molecule has 0 atom stereocenters. The Kier molecular flexibility index (Phi) is 5.04. The summed E-state index contributed by atoms with van der Waals surface area (Å²) < 4.78 is 6.45. The van der Waals surface area contributed by atoms with Gasteiger partial charge in [-0.25, -0.2) is 0 Å². The maximum Gasteiger partial charge on any atom is 0.226 e. The van der Waals surface area contributed by atoms with Crippen LogP contribution in [0.2, 0.25) is 0 Å². The van der Waals surface area contributed by atoms with Gasteiger partial charge in [-0.1, -0.05) is 33.2 Å². The summed E-state index contributed by atoms with van der Waals surface area (Å²) in [6.45, 7) is 2.28. The lowest BCUT2D eigenvalue weighted by molar-refractivity contribution is 0.323. The number of benzene rings is 1. The van der Waals surface area contributed by atoms with E-state index in [1.165, 1.54) is 18.4 Å². The molecule has 0 aliphatic carbocycles. The SMILES string of the molecule is Brc1cccc(Cc2noc(CCC3CCNCC3)n2)c1. The molecule has 5 heteroatoms. The van der Waals surface area contributed by atoms with Gasteiger partial charge in [0.25, 0.3) is 0 Å². The second-order valence-corrected chi connectivity index (χ2v) is 6.56. The fourth-order valence-corrected chi connectivity index (χ4v) is 3.24. The minimum absolute atomic E-state index is 0.719. The molecule has 2 aromatic rings. The molecule has 21 heavy (non-hydrogen) atoms. The Morgan fingerprint density at radius 3 is 2.95 bits per heavy atom. The summed E-state index contributed by atoms with van der Waals surface area (Å²) in [6.07, 6.45) is 5.30. The van der Waals surface area contributed by atoms with Crippen LogP contribution in [0.15, 0.2) is 33.3 Å². The molecule has 2 heterocycles. The van der Waals surface area contributed by atoms with Crippen molar-refractivity contribution in [3.8, 4) is 0 Å². The highest BCUT2D eigenvalue weighted by Crippen LogP contribution is 2.19. The Hall–Kier alpha value is -1.20. The molecule has 4 nitrogen and oxygen atoms in total. The van der Waals surface area contributed by atoms with Gasteiger partial charge in [-0.15, -0.1) is 0 Å². The average molecular weight is 350 g/mol. The monoisotopic (exact) mass is 349 g/mol. The Bertz CT molecular complexity index is 578. The lowest BCUT2D eigenvalue weighted by atomic mass is 9.93. The normalized spacial score (nSPS) is 16.2. The molecule has 1 aliphatic rings. The molecule has 1 fully saturated rings. The van der Waals surface area contributed by atoms with Gasteiger partial charge >= 0.3 is 0 Å². The Labute approximate surface area is 133 Å². The first-order valence-corrected chi connectivity index (χ1v) is 8.35. The Morgan fingerprint density at radius 2 is 2.14 bits per heavy atom. The van der Waals surface area contributed by atoms with Crippen LogP contribution in [-0.2, 0) is 12.8 Å². The number of halogens is 1. The highest BCUT2D eigenvalue weighted by Gasteiger charge is 2.15. The van der Waals surface area contributed by atoms with E-state index in [0.717, 1.165) is 54.5 Å². The third kappa shape index (κ3) is 4.38. The third-order valence-electron chi connectivity index (χ3n) is 3.99. The van der Waals surface area contributed by atoms with Crippen LogP contribution in [0, 0.1) is 5.92 Å². The molecule has 0 unspecified atom stereocenters. The predicted molar refractivity (Wildman–Crippen MR) is 85.2 cm³/mol. The first kappa shape index (κ1) is 14.7. The number of rotatable bonds is 5. The minimum atomic E-state index is 0.719. The summed E-state index contributed by atoms with van der Waals surface area (Å²) in [4.78, 5) is 4.51. The second kappa shape index (κ2) is 7.18. The molecule has 1 saturated heterocycles. The number of piperidine rings is 1. The predicted octanol–water partition coefficient (Wildman–Crippen LogP) is 3.36. The van der Waals surface area contributed by atoms with Crippen LogP contribution in [0.25, 0.3) is 0 Å². The van der Waals surface area contributed by atoms with E-state index in [2.05, 4.69) is 43.5 Å². The summed E-state index contributed by atoms with van der Waals surface area (Å²) in [5.74, 6) is 2.35. The van der Waals surface area contributed by atoms with Crippen LogP contribution >= 0.6 is 15.9 Å². The van der Waals surface area contributed by atoms with E-state index >= 15 is 0 Å². The summed E-state index contributed by atoms with van der Waals surface area (Å²) in [7, 11) is 0. The zero-order valence-electron chi connectivity index (χ0n) is 12.0. The van der Waals surface area contributed by atoms with Crippen molar-refractivity contribution in [1.82, 2.24) is 15.5 Å². The van der Waals surface area contributed by atoms with E-state index in [4.69, 9.17) is 4.52 Å². The number of hydrogen-bond acceptors (Lipinski definition) is 4. The lowest BCUT2D eigenvalue weighted by Gasteiger charge is -2.21. The van der Waals surface area contributed by atoms with Crippen LogP contribution in [0.1, 0.15) is 36.5 Å². The van der Waals surface area contributed by atoms with E-state index in [1.54, 1.807) is 0 Å². The van der Waals surface area contributed by atoms with Crippen molar-refractivity contribution in [2.45, 2.75) is 32.1 Å². The first-order chi connectivity index (χ1) is 10.3. The van der Waals surface area contributed by atoms with Gasteiger partial charge in [0, 0.05) is 17.3 Å². The maximum atomic E-state index is 5.37. The Morgan fingerprint density at radius 1 is 1.29 bits per heavy atom. The lowest BCUT2D eigenvalue weighted by Crippen LogP contribution is -2.27. The zero-order chi connectivity index (χ0) is 14.5. The average Bonchev–Trinajstić information content (AvgIpc) is 2.94. The molecule has 3 rings (SSSR count). The molecule has 0 amide bonds. The highest BCUT2D eigenvalue weighted by molar-refractivity contribution is 9.10. The fourth-order valence-electron chi connectivity index (χ4n) is 2.79. The summed E-state index contributed by atoms with van der Waals surface area (Å²) in [6, 6.07) is 8.21. The van der Waals surface area contributed by atoms with Gasteiger partial charge in [-0.3, -0.25) is 0 Å². The van der Waals surface area contributed by atoms with Crippen molar-refractivity contribution < 1.29 is 4.52 Å². The van der Waals surface area contributed by atoms with Gasteiger partial charge < -0.3 is 9.84 Å².